The summed E-state index contributed by atoms with van der Waals surface area (Å²) in [5, 5.41) is 4.56. The van der Waals surface area contributed by atoms with Crippen LogP contribution in [0.15, 0.2) is 27.6 Å². The first-order valence-electron chi connectivity index (χ1n) is 8.71. The van der Waals surface area contributed by atoms with Gasteiger partial charge in [-0.25, -0.2) is 8.42 Å². The van der Waals surface area contributed by atoms with E-state index in [-0.39, 0.29) is 15.8 Å². The van der Waals surface area contributed by atoms with Crippen molar-refractivity contribution in [2.75, 3.05) is 13.1 Å². The molecule has 0 N–H and O–H groups in total. The summed E-state index contributed by atoms with van der Waals surface area (Å²) in [5.74, 6) is 1.97. The van der Waals surface area contributed by atoms with Crippen LogP contribution in [0.3, 0.4) is 0 Å². The van der Waals surface area contributed by atoms with Crippen LogP contribution in [-0.2, 0) is 16.4 Å². The maximum atomic E-state index is 13.0. The van der Waals surface area contributed by atoms with E-state index < -0.39 is 10.0 Å². The molecule has 0 bridgehead atoms. The molecular weight excluding hydrogens is 397 g/mol. The minimum atomic E-state index is -3.69. The monoisotopic (exact) mass is 415 g/mol. The number of nitrogens with zero attached hydrogens (tertiary/aromatic N) is 3. The van der Waals surface area contributed by atoms with E-state index >= 15 is 0 Å². The summed E-state index contributed by atoms with van der Waals surface area (Å²) >= 11 is 12.1. The van der Waals surface area contributed by atoms with E-state index in [4.69, 9.17) is 27.7 Å². The minimum absolute atomic E-state index is 0.0566. The topological polar surface area (TPSA) is 76.3 Å². The summed E-state index contributed by atoms with van der Waals surface area (Å²) in [6.45, 7) is 0.880. The molecule has 140 valence electrons. The van der Waals surface area contributed by atoms with Crippen LogP contribution in [0.25, 0.3) is 0 Å². The second kappa shape index (κ2) is 7.11. The van der Waals surface area contributed by atoms with Crippen LogP contribution in [0.4, 0.5) is 0 Å². The number of hydrogen-bond donors (Lipinski definition) is 0. The van der Waals surface area contributed by atoms with Gasteiger partial charge in [0.1, 0.15) is 4.90 Å². The predicted octanol–water partition coefficient (Wildman–Crippen LogP) is 3.90. The molecule has 1 aromatic heterocycles. The van der Waals surface area contributed by atoms with Gasteiger partial charge in [0.05, 0.1) is 5.02 Å². The molecule has 2 fully saturated rings. The van der Waals surface area contributed by atoms with E-state index in [1.54, 1.807) is 6.07 Å². The number of sulfonamides is 1. The van der Waals surface area contributed by atoms with Crippen LogP contribution < -0.4 is 0 Å². The van der Waals surface area contributed by atoms with Gasteiger partial charge in [-0.05, 0) is 49.8 Å². The van der Waals surface area contributed by atoms with Crippen molar-refractivity contribution >= 4 is 33.2 Å². The number of hydrogen-bond acceptors (Lipinski definition) is 5. The summed E-state index contributed by atoms with van der Waals surface area (Å²) in [4.78, 5) is 4.51. The van der Waals surface area contributed by atoms with Gasteiger partial charge in [0.2, 0.25) is 15.9 Å². The number of benzene rings is 1. The van der Waals surface area contributed by atoms with Gasteiger partial charge in [-0.2, -0.15) is 9.29 Å². The van der Waals surface area contributed by atoms with Crippen molar-refractivity contribution in [1.82, 2.24) is 14.4 Å². The number of rotatable bonds is 5. The Labute approximate surface area is 162 Å². The summed E-state index contributed by atoms with van der Waals surface area (Å²) in [6, 6.07) is 4.49. The lowest BCUT2D eigenvalue weighted by molar-refractivity contribution is 0.247. The molecule has 4 rings (SSSR count). The zero-order valence-corrected chi connectivity index (χ0v) is 16.4. The van der Waals surface area contributed by atoms with E-state index in [1.165, 1.54) is 16.4 Å². The summed E-state index contributed by atoms with van der Waals surface area (Å²) in [7, 11) is -3.69. The van der Waals surface area contributed by atoms with Gasteiger partial charge in [0, 0.05) is 30.5 Å². The molecule has 1 atom stereocenters. The highest BCUT2D eigenvalue weighted by Gasteiger charge is 2.33. The van der Waals surface area contributed by atoms with Gasteiger partial charge in [-0.3, -0.25) is 0 Å². The molecule has 1 saturated heterocycles. The highest BCUT2D eigenvalue weighted by molar-refractivity contribution is 7.89. The van der Waals surface area contributed by atoms with Crippen molar-refractivity contribution in [3.8, 4) is 0 Å². The minimum Gasteiger partial charge on any atom is -0.339 e. The fourth-order valence-corrected chi connectivity index (χ4v) is 5.62. The Balaban J connectivity index is 1.49. The van der Waals surface area contributed by atoms with Crippen LogP contribution in [0.2, 0.25) is 10.0 Å². The Kier molecular flexibility index (Phi) is 4.98. The third kappa shape index (κ3) is 3.76. The lowest BCUT2D eigenvalue weighted by atomic mass is 9.96. The quantitative estimate of drug-likeness (QED) is 0.739. The van der Waals surface area contributed by atoms with Gasteiger partial charge in [0.15, 0.2) is 5.82 Å². The van der Waals surface area contributed by atoms with Crippen molar-refractivity contribution in [3.63, 3.8) is 0 Å². The molecule has 1 unspecified atom stereocenters. The molecule has 1 saturated carbocycles. The summed E-state index contributed by atoms with van der Waals surface area (Å²) in [5.41, 5.74) is 0. The summed E-state index contributed by atoms with van der Waals surface area (Å²) in [6.07, 6.45) is 4.54. The van der Waals surface area contributed by atoms with Crippen LogP contribution >= 0.6 is 23.2 Å². The first-order valence-corrected chi connectivity index (χ1v) is 10.9. The Morgan fingerprint density at radius 1 is 1.23 bits per heavy atom. The number of halogens is 2. The zero-order valence-electron chi connectivity index (χ0n) is 14.1. The predicted molar refractivity (Wildman–Crippen MR) is 97.9 cm³/mol. The molecule has 26 heavy (non-hydrogen) atoms. The molecular formula is C17H19Cl2N3O3S. The first kappa shape index (κ1) is 18.2. The van der Waals surface area contributed by atoms with Gasteiger partial charge in [-0.1, -0.05) is 28.4 Å². The molecule has 0 spiro atoms. The zero-order chi connectivity index (χ0) is 18.3. The van der Waals surface area contributed by atoms with Crippen LogP contribution in [-0.4, -0.2) is 36.0 Å². The fraction of sp³-hybridized carbons (Fsp3) is 0.529. The maximum absolute atomic E-state index is 13.0. The molecule has 0 radical (unpaired) electrons. The van der Waals surface area contributed by atoms with Crippen LogP contribution in [0.5, 0.6) is 0 Å². The van der Waals surface area contributed by atoms with Crippen LogP contribution in [0, 0.1) is 5.92 Å². The SMILES string of the molecule is O=S(=O)(c1cc(Cl)ccc1Cl)N1CCCC(Cc2nc(C3CC3)no2)C1. The van der Waals surface area contributed by atoms with Gasteiger partial charge in [0.25, 0.3) is 0 Å². The van der Waals surface area contributed by atoms with Crippen molar-refractivity contribution in [2.24, 2.45) is 5.92 Å². The third-order valence-corrected chi connectivity index (χ3v) is 7.46. The van der Waals surface area contributed by atoms with Crippen molar-refractivity contribution < 1.29 is 12.9 Å². The number of piperidine rings is 1. The third-order valence-electron chi connectivity index (χ3n) is 4.88. The smallest absolute Gasteiger partial charge is 0.244 e. The Morgan fingerprint density at radius 3 is 2.81 bits per heavy atom. The lowest BCUT2D eigenvalue weighted by Crippen LogP contribution is -2.40. The normalized spacial score (nSPS) is 21.8. The largest absolute Gasteiger partial charge is 0.339 e. The highest BCUT2D eigenvalue weighted by atomic mass is 35.5. The Hall–Kier alpha value is -1.15. The molecule has 2 aromatic rings. The molecule has 1 aliphatic carbocycles. The van der Waals surface area contributed by atoms with E-state index in [0.29, 0.717) is 36.3 Å². The Morgan fingerprint density at radius 2 is 2.04 bits per heavy atom. The molecule has 6 nitrogen and oxygen atoms in total. The van der Waals surface area contributed by atoms with Crippen molar-refractivity contribution in [2.45, 2.75) is 42.9 Å². The van der Waals surface area contributed by atoms with Gasteiger partial charge in [-0.15, -0.1) is 0 Å². The molecule has 2 aliphatic rings. The first-order chi connectivity index (χ1) is 12.4. The van der Waals surface area contributed by atoms with Gasteiger partial charge >= 0.3 is 0 Å². The molecule has 1 aromatic carbocycles. The van der Waals surface area contributed by atoms with E-state index in [2.05, 4.69) is 10.1 Å². The average Bonchev–Trinajstić information content (AvgIpc) is 3.37. The number of aromatic nitrogens is 2. The summed E-state index contributed by atoms with van der Waals surface area (Å²) < 4.78 is 32.8. The Bertz CT molecular complexity index is 912. The van der Waals surface area contributed by atoms with E-state index in [9.17, 15) is 8.42 Å². The van der Waals surface area contributed by atoms with Gasteiger partial charge < -0.3 is 4.52 Å². The second-order valence-electron chi connectivity index (χ2n) is 6.97. The molecule has 9 heteroatoms. The van der Waals surface area contributed by atoms with E-state index in [0.717, 1.165) is 31.5 Å². The highest BCUT2D eigenvalue weighted by Crippen LogP contribution is 2.38. The maximum Gasteiger partial charge on any atom is 0.244 e. The average molecular weight is 416 g/mol. The second-order valence-corrected chi connectivity index (χ2v) is 9.72. The van der Waals surface area contributed by atoms with Crippen molar-refractivity contribution in [1.29, 1.82) is 0 Å². The molecule has 2 heterocycles. The van der Waals surface area contributed by atoms with Crippen molar-refractivity contribution in [3.05, 3.63) is 40.0 Å². The standard InChI is InChI=1S/C17H19Cl2N3O3S/c18-13-5-6-14(19)15(9-13)26(23,24)22-7-1-2-11(10-22)8-16-20-17(21-25-16)12-3-4-12/h5-6,9,11-12H,1-4,7-8,10H2. The lowest BCUT2D eigenvalue weighted by Gasteiger charge is -2.31. The van der Waals surface area contributed by atoms with E-state index in [1.807, 2.05) is 0 Å². The fourth-order valence-electron chi connectivity index (χ4n) is 3.33. The van der Waals surface area contributed by atoms with Crippen LogP contribution in [0.1, 0.15) is 43.3 Å². The molecule has 1 aliphatic heterocycles. The molecule has 0 amide bonds.